The molecule has 0 saturated heterocycles. The molecule has 3 rings (SSSR count). The van der Waals surface area contributed by atoms with Crippen molar-refractivity contribution in [3.05, 3.63) is 48.1 Å². The zero-order valence-electron chi connectivity index (χ0n) is 14.9. The lowest BCUT2D eigenvalue weighted by Crippen LogP contribution is -2.32. The van der Waals surface area contributed by atoms with E-state index in [0.717, 1.165) is 54.0 Å². The predicted molar refractivity (Wildman–Crippen MR) is 103 cm³/mol. The second-order valence-corrected chi connectivity index (χ2v) is 6.41. The third kappa shape index (κ3) is 3.58. The van der Waals surface area contributed by atoms with Gasteiger partial charge in [-0.05, 0) is 45.4 Å². The van der Waals surface area contributed by atoms with Crippen LogP contribution in [0.5, 0.6) is 0 Å². The van der Waals surface area contributed by atoms with Gasteiger partial charge in [0.25, 0.3) is 0 Å². The first kappa shape index (κ1) is 17.2. The molecule has 0 radical (unpaired) electrons. The molecule has 0 spiro atoms. The molecule has 25 heavy (non-hydrogen) atoms. The Morgan fingerprint density at radius 1 is 1.32 bits per heavy atom. The first-order valence-corrected chi connectivity index (χ1v) is 8.72. The Labute approximate surface area is 148 Å². The summed E-state index contributed by atoms with van der Waals surface area (Å²) in [5, 5.41) is 15.0. The van der Waals surface area contributed by atoms with Gasteiger partial charge in [-0.2, -0.15) is 0 Å². The summed E-state index contributed by atoms with van der Waals surface area (Å²) in [4.78, 5) is 4.54. The molecule has 132 valence electrons. The average Bonchev–Trinajstić information content (AvgIpc) is 3.03. The van der Waals surface area contributed by atoms with E-state index < -0.39 is 0 Å². The number of hydrogen-bond acceptors (Lipinski definition) is 5. The van der Waals surface area contributed by atoms with Gasteiger partial charge in [0.05, 0.1) is 5.69 Å². The van der Waals surface area contributed by atoms with Crippen molar-refractivity contribution in [2.24, 2.45) is 0 Å². The number of benzene rings is 1. The van der Waals surface area contributed by atoms with Gasteiger partial charge in [-0.15, -0.1) is 0 Å². The molecule has 6 nitrogen and oxygen atoms in total. The highest BCUT2D eigenvalue weighted by Crippen LogP contribution is 2.33. The maximum Gasteiger partial charge on any atom is 0.243 e. The lowest BCUT2D eigenvalue weighted by Gasteiger charge is -2.14. The molecular weight excluding hydrogens is 312 g/mol. The molecular formula is C19H26N6. The minimum absolute atomic E-state index is 0.104. The van der Waals surface area contributed by atoms with Crippen LogP contribution in [-0.2, 0) is 0 Å². The summed E-state index contributed by atoms with van der Waals surface area (Å²) < 4.78 is 1.74. The van der Waals surface area contributed by atoms with Gasteiger partial charge in [0.2, 0.25) is 5.62 Å². The van der Waals surface area contributed by atoms with Gasteiger partial charge >= 0.3 is 0 Å². The molecule has 0 aliphatic carbocycles. The Bertz CT molecular complexity index is 809. The molecule has 6 heteroatoms. The van der Waals surface area contributed by atoms with Gasteiger partial charge in [0.1, 0.15) is 12.0 Å². The van der Waals surface area contributed by atoms with Crippen LogP contribution in [0.15, 0.2) is 36.9 Å². The summed E-state index contributed by atoms with van der Waals surface area (Å²) in [6, 6.07) is 9.99. The van der Waals surface area contributed by atoms with E-state index in [2.05, 4.69) is 27.6 Å². The Hall–Kier alpha value is -2.60. The van der Waals surface area contributed by atoms with Crippen LogP contribution in [0.25, 0.3) is 16.8 Å². The van der Waals surface area contributed by atoms with Crippen LogP contribution in [0.4, 0.5) is 5.82 Å². The molecule has 4 N–H and O–H groups in total. The highest BCUT2D eigenvalue weighted by molar-refractivity contribution is 5.84. The van der Waals surface area contributed by atoms with E-state index in [1.807, 2.05) is 44.3 Å². The number of unbranched alkanes of at least 4 members (excludes halogenated alkanes) is 1. The molecule has 1 aromatic carbocycles. The lowest BCUT2D eigenvalue weighted by molar-refractivity contribution is 0.595. The van der Waals surface area contributed by atoms with Crippen LogP contribution in [0, 0.1) is 5.41 Å². The van der Waals surface area contributed by atoms with Crippen molar-refractivity contribution in [2.75, 3.05) is 24.3 Å². The van der Waals surface area contributed by atoms with Gasteiger partial charge in [0, 0.05) is 11.1 Å². The van der Waals surface area contributed by atoms with Gasteiger partial charge in [-0.25, -0.2) is 9.66 Å². The maximum atomic E-state index is 8.32. The topological polar surface area (TPSA) is 77.8 Å². The zero-order valence-corrected chi connectivity index (χ0v) is 14.9. The summed E-state index contributed by atoms with van der Waals surface area (Å²) in [5.41, 5.74) is 7.24. The van der Waals surface area contributed by atoms with Crippen molar-refractivity contribution in [3.8, 4) is 11.3 Å². The predicted octanol–water partition coefficient (Wildman–Crippen LogP) is 2.75. The average molecular weight is 338 g/mol. The van der Waals surface area contributed by atoms with E-state index in [-0.39, 0.29) is 11.8 Å². The van der Waals surface area contributed by atoms with Crippen molar-refractivity contribution in [2.45, 2.75) is 32.4 Å². The van der Waals surface area contributed by atoms with Gasteiger partial charge < -0.3 is 10.6 Å². The first-order chi connectivity index (χ1) is 12.1. The Morgan fingerprint density at radius 3 is 2.76 bits per heavy atom. The summed E-state index contributed by atoms with van der Waals surface area (Å²) in [5.74, 6) is 0.880. The number of allylic oxidation sites excluding steroid dienone is 1. The van der Waals surface area contributed by atoms with Crippen LogP contribution in [0.1, 0.15) is 31.7 Å². The second-order valence-electron chi connectivity index (χ2n) is 6.41. The molecule has 1 unspecified atom stereocenters. The smallest absolute Gasteiger partial charge is 0.243 e. The van der Waals surface area contributed by atoms with Crippen molar-refractivity contribution in [1.29, 1.82) is 5.41 Å². The van der Waals surface area contributed by atoms with Crippen molar-refractivity contribution in [3.63, 3.8) is 0 Å². The molecule has 1 aromatic heterocycles. The number of nitrogens with zero attached hydrogens (tertiary/aromatic N) is 2. The standard InChI is InChI=1S/C19H26N6/c1-13(2)16-17(14-9-5-4-6-10-14)23-19(20)25-18(16)22-15(24-25)11-7-8-12-21-3/h4-6,9-10,15,20-22,24H,1,7-8,11-12H2,2-3H3. The fourth-order valence-electron chi connectivity index (χ4n) is 3.15. The van der Waals surface area contributed by atoms with E-state index in [1.165, 1.54) is 0 Å². The largest absolute Gasteiger partial charge is 0.348 e. The monoisotopic (exact) mass is 338 g/mol. The highest BCUT2D eigenvalue weighted by atomic mass is 15.6. The van der Waals surface area contributed by atoms with Crippen molar-refractivity contribution in [1.82, 2.24) is 15.0 Å². The molecule has 0 bridgehead atoms. The number of fused-ring (bicyclic) bond motifs is 1. The van der Waals surface area contributed by atoms with Gasteiger partial charge in [-0.1, -0.05) is 36.9 Å². The molecule has 2 heterocycles. The molecule has 1 aliphatic heterocycles. The summed E-state index contributed by atoms with van der Waals surface area (Å²) in [6.45, 7) is 7.14. The van der Waals surface area contributed by atoms with Crippen LogP contribution in [0.3, 0.4) is 0 Å². The zero-order chi connectivity index (χ0) is 17.8. The Morgan fingerprint density at radius 2 is 2.08 bits per heavy atom. The minimum Gasteiger partial charge on any atom is -0.348 e. The van der Waals surface area contributed by atoms with Crippen LogP contribution in [-0.4, -0.2) is 29.4 Å². The molecule has 0 amide bonds. The van der Waals surface area contributed by atoms with Crippen molar-refractivity contribution >= 4 is 11.4 Å². The summed E-state index contributed by atoms with van der Waals surface area (Å²) in [6.07, 6.45) is 3.33. The molecule has 1 aliphatic rings. The van der Waals surface area contributed by atoms with Crippen LogP contribution >= 0.6 is 0 Å². The molecule has 0 saturated carbocycles. The fraction of sp³-hybridized carbons (Fsp3) is 0.368. The van der Waals surface area contributed by atoms with Crippen LogP contribution in [0.2, 0.25) is 0 Å². The summed E-state index contributed by atoms with van der Waals surface area (Å²) >= 11 is 0. The van der Waals surface area contributed by atoms with E-state index in [1.54, 1.807) is 4.68 Å². The third-order valence-corrected chi connectivity index (χ3v) is 4.37. The Kier molecular flexibility index (Phi) is 5.19. The van der Waals surface area contributed by atoms with E-state index in [9.17, 15) is 0 Å². The summed E-state index contributed by atoms with van der Waals surface area (Å²) in [7, 11) is 1.97. The maximum absolute atomic E-state index is 8.32. The van der Waals surface area contributed by atoms with E-state index in [4.69, 9.17) is 5.41 Å². The Balaban J connectivity index is 1.94. The van der Waals surface area contributed by atoms with E-state index in [0.29, 0.717) is 0 Å². The lowest BCUT2D eigenvalue weighted by atomic mass is 10.0. The van der Waals surface area contributed by atoms with E-state index >= 15 is 0 Å². The normalized spacial score (nSPS) is 15.4. The number of nitrogens with one attached hydrogen (secondary N) is 4. The number of hydrogen-bond donors (Lipinski definition) is 4. The minimum atomic E-state index is 0.104. The molecule has 2 aromatic rings. The van der Waals surface area contributed by atoms with Gasteiger partial charge in [-0.3, -0.25) is 10.8 Å². The second kappa shape index (κ2) is 7.53. The number of rotatable bonds is 7. The van der Waals surface area contributed by atoms with Crippen molar-refractivity contribution < 1.29 is 0 Å². The number of aromatic nitrogens is 2. The fourth-order valence-corrected chi connectivity index (χ4v) is 3.15. The third-order valence-electron chi connectivity index (χ3n) is 4.37. The first-order valence-electron chi connectivity index (χ1n) is 8.72. The van der Waals surface area contributed by atoms with Crippen LogP contribution < -0.4 is 21.7 Å². The number of anilines is 1. The molecule has 0 fully saturated rings. The highest BCUT2D eigenvalue weighted by Gasteiger charge is 2.26. The molecule has 1 atom stereocenters. The SMILES string of the molecule is C=C(C)c1c(-c2ccccc2)nc(=N)n2c1NC(CCCCNC)N2. The quantitative estimate of drug-likeness (QED) is 0.586. The van der Waals surface area contributed by atoms with Gasteiger partial charge in [0.15, 0.2) is 0 Å².